The van der Waals surface area contributed by atoms with Crippen LogP contribution in [0.2, 0.25) is 0 Å². The molecular formula is C15H14N2O5. The molecule has 0 bridgehead atoms. The molecule has 22 heavy (non-hydrogen) atoms. The van der Waals surface area contributed by atoms with Crippen molar-refractivity contribution in [3.05, 3.63) is 36.2 Å². The van der Waals surface area contributed by atoms with E-state index in [4.69, 9.17) is 14.2 Å². The fourth-order valence-electron chi connectivity index (χ4n) is 2.08. The molecule has 2 heterocycles. The van der Waals surface area contributed by atoms with Crippen LogP contribution in [0, 0.1) is 0 Å². The molecule has 0 saturated heterocycles. The molecule has 1 aliphatic heterocycles. The van der Waals surface area contributed by atoms with Crippen molar-refractivity contribution in [2.45, 2.75) is 0 Å². The van der Waals surface area contributed by atoms with Gasteiger partial charge < -0.3 is 24.6 Å². The molecular weight excluding hydrogens is 288 g/mol. The number of pyridine rings is 1. The van der Waals surface area contributed by atoms with E-state index in [1.807, 2.05) is 0 Å². The van der Waals surface area contributed by atoms with E-state index in [-0.39, 0.29) is 17.2 Å². The van der Waals surface area contributed by atoms with Crippen LogP contribution in [0.5, 0.6) is 23.0 Å². The Labute approximate surface area is 126 Å². The van der Waals surface area contributed by atoms with Gasteiger partial charge in [0, 0.05) is 24.0 Å². The molecule has 2 N–H and O–H groups in total. The summed E-state index contributed by atoms with van der Waals surface area (Å²) in [6.07, 6.45) is 1.39. The number of aromatic hydroxyl groups is 1. The maximum absolute atomic E-state index is 12.2. The fraction of sp³-hybridized carbons (Fsp3) is 0.200. The van der Waals surface area contributed by atoms with Crippen molar-refractivity contribution in [2.75, 3.05) is 25.6 Å². The largest absolute Gasteiger partial charge is 0.503 e. The van der Waals surface area contributed by atoms with Crippen LogP contribution in [-0.2, 0) is 0 Å². The van der Waals surface area contributed by atoms with Gasteiger partial charge in [0.2, 0.25) is 0 Å². The van der Waals surface area contributed by atoms with Gasteiger partial charge in [-0.2, -0.15) is 0 Å². The minimum Gasteiger partial charge on any atom is -0.503 e. The van der Waals surface area contributed by atoms with E-state index in [0.29, 0.717) is 30.4 Å². The third-order valence-electron chi connectivity index (χ3n) is 3.12. The first-order valence-electron chi connectivity index (χ1n) is 6.62. The van der Waals surface area contributed by atoms with E-state index in [1.54, 1.807) is 18.2 Å². The molecule has 0 saturated carbocycles. The Balaban J connectivity index is 1.83. The second-order valence-corrected chi connectivity index (χ2v) is 4.52. The van der Waals surface area contributed by atoms with Crippen LogP contribution in [-0.4, -0.2) is 36.3 Å². The van der Waals surface area contributed by atoms with Crippen LogP contribution >= 0.6 is 0 Å². The Hall–Kier alpha value is -2.96. The van der Waals surface area contributed by atoms with Crippen molar-refractivity contribution in [1.82, 2.24) is 4.98 Å². The molecule has 0 fully saturated rings. The zero-order valence-corrected chi connectivity index (χ0v) is 11.8. The molecule has 114 valence electrons. The standard InChI is InChI=1S/C15H14N2O5/c1-20-11-4-5-16-13(14(11)18)15(19)17-9-2-3-10-12(8-9)22-7-6-21-10/h2-5,8,18H,6-7H2,1H3,(H,17,19). The number of hydrogen-bond acceptors (Lipinski definition) is 6. The number of amides is 1. The van der Waals surface area contributed by atoms with Crippen molar-refractivity contribution in [3.63, 3.8) is 0 Å². The summed E-state index contributed by atoms with van der Waals surface area (Å²) in [7, 11) is 1.40. The van der Waals surface area contributed by atoms with Gasteiger partial charge in [0.25, 0.3) is 5.91 Å². The van der Waals surface area contributed by atoms with Gasteiger partial charge in [0.1, 0.15) is 13.2 Å². The molecule has 0 unspecified atom stereocenters. The number of rotatable bonds is 3. The van der Waals surface area contributed by atoms with Crippen LogP contribution in [0.25, 0.3) is 0 Å². The maximum atomic E-state index is 12.2. The number of methoxy groups -OCH3 is 1. The summed E-state index contributed by atoms with van der Waals surface area (Å²) in [6.45, 7) is 0.961. The first kappa shape index (κ1) is 14.0. The number of benzene rings is 1. The van der Waals surface area contributed by atoms with Crippen molar-refractivity contribution < 1.29 is 24.1 Å². The molecule has 0 atom stereocenters. The topological polar surface area (TPSA) is 89.9 Å². The summed E-state index contributed by atoms with van der Waals surface area (Å²) in [5, 5.41) is 12.6. The minimum absolute atomic E-state index is 0.116. The SMILES string of the molecule is COc1ccnc(C(=O)Nc2ccc3c(c2)OCCO3)c1O. The number of carbonyl (C=O) groups excluding carboxylic acids is 1. The van der Waals surface area contributed by atoms with Gasteiger partial charge in [-0.1, -0.05) is 0 Å². The van der Waals surface area contributed by atoms with Crippen molar-refractivity contribution in [3.8, 4) is 23.0 Å². The summed E-state index contributed by atoms with van der Waals surface area (Å²) in [5.41, 5.74) is 0.396. The van der Waals surface area contributed by atoms with E-state index >= 15 is 0 Å². The van der Waals surface area contributed by atoms with Crippen molar-refractivity contribution >= 4 is 11.6 Å². The van der Waals surface area contributed by atoms with Gasteiger partial charge in [-0.3, -0.25) is 4.79 Å². The minimum atomic E-state index is -0.548. The van der Waals surface area contributed by atoms with Gasteiger partial charge in [-0.25, -0.2) is 4.98 Å². The number of nitrogens with one attached hydrogen (secondary N) is 1. The molecule has 1 amide bonds. The average Bonchev–Trinajstić information content (AvgIpc) is 2.55. The molecule has 0 aliphatic carbocycles. The van der Waals surface area contributed by atoms with Crippen LogP contribution in [0.15, 0.2) is 30.5 Å². The van der Waals surface area contributed by atoms with Crippen LogP contribution in [0.4, 0.5) is 5.69 Å². The highest BCUT2D eigenvalue weighted by Gasteiger charge is 2.18. The highest BCUT2D eigenvalue weighted by atomic mass is 16.6. The third kappa shape index (κ3) is 2.60. The molecule has 2 aromatic rings. The summed E-state index contributed by atoms with van der Waals surface area (Å²) < 4.78 is 15.8. The van der Waals surface area contributed by atoms with Gasteiger partial charge in [-0.15, -0.1) is 0 Å². The zero-order chi connectivity index (χ0) is 15.5. The van der Waals surface area contributed by atoms with Gasteiger partial charge in [0.05, 0.1) is 7.11 Å². The zero-order valence-electron chi connectivity index (χ0n) is 11.8. The molecule has 1 aromatic carbocycles. The first-order chi connectivity index (χ1) is 10.7. The van der Waals surface area contributed by atoms with E-state index in [9.17, 15) is 9.90 Å². The van der Waals surface area contributed by atoms with Gasteiger partial charge >= 0.3 is 0 Å². The smallest absolute Gasteiger partial charge is 0.278 e. The Kier molecular flexibility index (Phi) is 3.69. The van der Waals surface area contributed by atoms with E-state index in [0.717, 1.165) is 0 Å². The Morgan fingerprint density at radius 2 is 2.05 bits per heavy atom. The number of aromatic nitrogens is 1. The summed E-state index contributed by atoms with van der Waals surface area (Å²) in [6, 6.07) is 6.52. The lowest BCUT2D eigenvalue weighted by atomic mass is 10.2. The molecule has 0 radical (unpaired) electrons. The van der Waals surface area contributed by atoms with Crippen molar-refractivity contribution in [2.24, 2.45) is 0 Å². The van der Waals surface area contributed by atoms with E-state index in [2.05, 4.69) is 10.3 Å². The summed E-state index contributed by atoms with van der Waals surface area (Å²) >= 11 is 0. The monoisotopic (exact) mass is 302 g/mol. The molecule has 0 spiro atoms. The Bertz CT molecular complexity index is 717. The second kappa shape index (κ2) is 5.80. The summed E-state index contributed by atoms with van der Waals surface area (Å²) in [5.74, 6) is 0.522. The first-order valence-corrected chi connectivity index (χ1v) is 6.62. The Morgan fingerprint density at radius 3 is 2.82 bits per heavy atom. The highest BCUT2D eigenvalue weighted by Crippen LogP contribution is 2.33. The third-order valence-corrected chi connectivity index (χ3v) is 3.12. The lowest BCUT2D eigenvalue weighted by Crippen LogP contribution is -2.17. The van der Waals surface area contributed by atoms with E-state index < -0.39 is 5.91 Å². The number of nitrogens with zero attached hydrogens (tertiary/aromatic N) is 1. The fourth-order valence-corrected chi connectivity index (χ4v) is 2.08. The van der Waals surface area contributed by atoms with E-state index in [1.165, 1.54) is 19.4 Å². The normalized spacial score (nSPS) is 12.6. The van der Waals surface area contributed by atoms with Crippen LogP contribution in [0.1, 0.15) is 10.5 Å². The Morgan fingerprint density at radius 1 is 1.27 bits per heavy atom. The van der Waals surface area contributed by atoms with Crippen molar-refractivity contribution in [1.29, 1.82) is 0 Å². The van der Waals surface area contributed by atoms with Gasteiger partial charge in [0.15, 0.2) is 28.7 Å². The lowest BCUT2D eigenvalue weighted by Gasteiger charge is -2.19. The molecule has 7 heteroatoms. The molecule has 3 rings (SSSR count). The molecule has 1 aromatic heterocycles. The van der Waals surface area contributed by atoms with Gasteiger partial charge in [-0.05, 0) is 12.1 Å². The lowest BCUT2D eigenvalue weighted by molar-refractivity contribution is 0.101. The number of anilines is 1. The average molecular weight is 302 g/mol. The predicted molar refractivity (Wildman–Crippen MR) is 77.8 cm³/mol. The number of fused-ring (bicyclic) bond motifs is 1. The highest BCUT2D eigenvalue weighted by molar-refractivity contribution is 6.05. The quantitative estimate of drug-likeness (QED) is 0.899. The molecule has 1 aliphatic rings. The molecule has 7 nitrogen and oxygen atoms in total. The number of hydrogen-bond donors (Lipinski definition) is 2. The maximum Gasteiger partial charge on any atom is 0.278 e. The number of carbonyl (C=O) groups is 1. The summed E-state index contributed by atoms with van der Waals surface area (Å²) in [4.78, 5) is 16.1. The second-order valence-electron chi connectivity index (χ2n) is 4.52. The number of ether oxygens (including phenoxy) is 3. The van der Waals surface area contributed by atoms with Crippen LogP contribution < -0.4 is 19.5 Å². The predicted octanol–water partition coefficient (Wildman–Crippen LogP) is 1.82. The van der Waals surface area contributed by atoms with Crippen LogP contribution in [0.3, 0.4) is 0 Å².